The largest absolute Gasteiger partial charge is 0.457 e. The van der Waals surface area contributed by atoms with E-state index in [9.17, 15) is 9.59 Å². The molecule has 7 heteroatoms. The van der Waals surface area contributed by atoms with Gasteiger partial charge in [-0.05, 0) is 48.5 Å². The van der Waals surface area contributed by atoms with Crippen molar-refractivity contribution in [2.24, 2.45) is 0 Å². The van der Waals surface area contributed by atoms with Crippen molar-refractivity contribution < 1.29 is 23.8 Å². The topological polar surface area (TPSA) is 68.3 Å². The molecule has 0 aromatic heterocycles. The molecule has 0 aliphatic heterocycles. The molecule has 25 heavy (non-hydrogen) atoms. The number of carbonyl (C=O) groups is 2. The van der Waals surface area contributed by atoms with Crippen LogP contribution in [0.25, 0.3) is 0 Å². The number of amides is 2. The first-order valence-corrected chi connectivity index (χ1v) is 7.47. The fraction of sp³-hybridized carbons (Fsp3) is 0.222. The van der Waals surface area contributed by atoms with E-state index in [1.807, 2.05) is 0 Å². The zero-order valence-corrected chi connectivity index (χ0v) is 14.6. The summed E-state index contributed by atoms with van der Waals surface area (Å²) in [4.78, 5) is 25.7. The second-order valence-corrected chi connectivity index (χ2v) is 5.15. The molecule has 0 radical (unpaired) electrons. The molecule has 0 unspecified atom stereocenters. The van der Waals surface area contributed by atoms with Crippen molar-refractivity contribution in [1.29, 1.82) is 0 Å². The van der Waals surface area contributed by atoms with E-state index in [1.165, 1.54) is 24.0 Å². The van der Waals surface area contributed by atoms with Crippen LogP contribution in [-0.2, 0) is 9.47 Å². The minimum Gasteiger partial charge on any atom is -0.457 e. The van der Waals surface area contributed by atoms with E-state index >= 15 is 0 Å². The summed E-state index contributed by atoms with van der Waals surface area (Å²) in [6.07, 6.45) is -0.891. The molecule has 0 spiro atoms. The maximum absolute atomic E-state index is 11.5. The Balaban J connectivity index is 2.05. The molecule has 0 fully saturated rings. The van der Waals surface area contributed by atoms with E-state index in [-0.39, 0.29) is 0 Å². The number of methoxy groups -OCH3 is 2. The number of benzene rings is 2. The van der Waals surface area contributed by atoms with Crippen LogP contribution in [0.2, 0.25) is 0 Å². The van der Waals surface area contributed by atoms with Gasteiger partial charge in [0.1, 0.15) is 11.5 Å². The molecule has 2 amide bonds. The summed E-state index contributed by atoms with van der Waals surface area (Å²) in [5, 5.41) is 0. The van der Waals surface area contributed by atoms with Gasteiger partial charge in [0.25, 0.3) is 0 Å². The van der Waals surface area contributed by atoms with Crippen molar-refractivity contribution in [2.45, 2.75) is 0 Å². The Morgan fingerprint density at radius 2 is 1.00 bits per heavy atom. The van der Waals surface area contributed by atoms with E-state index in [0.717, 1.165) is 0 Å². The highest BCUT2D eigenvalue weighted by Crippen LogP contribution is 2.26. The van der Waals surface area contributed by atoms with Gasteiger partial charge in [-0.1, -0.05) is 0 Å². The number of carbonyl (C=O) groups excluding carboxylic acids is 2. The third-order valence-electron chi connectivity index (χ3n) is 3.58. The maximum Gasteiger partial charge on any atom is 0.413 e. The molecule has 0 atom stereocenters. The maximum atomic E-state index is 11.5. The van der Waals surface area contributed by atoms with Crippen LogP contribution in [0, 0.1) is 0 Å². The molecule has 0 N–H and O–H groups in total. The van der Waals surface area contributed by atoms with Gasteiger partial charge in [0.05, 0.1) is 14.2 Å². The van der Waals surface area contributed by atoms with E-state index < -0.39 is 12.2 Å². The van der Waals surface area contributed by atoms with Gasteiger partial charge in [-0.2, -0.15) is 0 Å². The summed E-state index contributed by atoms with van der Waals surface area (Å²) in [5.41, 5.74) is 1.38. The minimum atomic E-state index is -0.445. The Morgan fingerprint density at radius 1 is 0.680 bits per heavy atom. The Bertz CT molecular complexity index is 665. The quantitative estimate of drug-likeness (QED) is 0.842. The van der Waals surface area contributed by atoms with Crippen LogP contribution >= 0.6 is 0 Å². The van der Waals surface area contributed by atoms with Crippen LogP contribution < -0.4 is 14.5 Å². The lowest BCUT2D eigenvalue weighted by Crippen LogP contribution is -2.25. The van der Waals surface area contributed by atoms with E-state index in [0.29, 0.717) is 22.9 Å². The molecule has 0 aliphatic carbocycles. The number of ether oxygens (including phenoxy) is 3. The molecule has 0 bridgehead atoms. The van der Waals surface area contributed by atoms with Crippen LogP contribution in [0.1, 0.15) is 0 Å². The van der Waals surface area contributed by atoms with Crippen molar-refractivity contribution in [3.8, 4) is 11.5 Å². The Morgan fingerprint density at radius 3 is 1.28 bits per heavy atom. The summed E-state index contributed by atoms with van der Waals surface area (Å²) in [7, 11) is 5.91. The standard InChI is InChI=1S/C18H20N2O5/c1-19(17(21)23-3)13-5-9-15(10-6-13)25-16-11-7-14(8-12-16)20(2)18(22)24-4/h5-12H,1-4H3. The number of anilines is 2. The highest BCUT2D eigenvalue weighted by molar-refractivity contribution is 5.87. The Kier molecular flexibility index (Phi) is 5.84. The minimum absolute atomic E-state index is 0.445. The molecule has 2 rings (SSSR count). The normalized spacial score (nSPS) is 9.92. The van der Waals surface area contributed by atoms with E-state index in [1.54, 1.807) is 62.6 Å². The molecule has 2 aromatic rings. The summed E-state index contributed by atoms with van der Waals surface area (Å²) >= 11 is 0. The van der Waals surface area contributed by atoms with Gasteiger partial charge < -0.3 is 14.2 Å². The molecule has 7 nitrogen and oxygen atoms in total. The Hall–Kier alpha value is -3.22. The molecular weight excluding hydrogens is 324 g/mol. The fourth-order valence-corrected chi connectivity index (χ4v) is 2.10. The molecule has 0 heterocycles. The van der Waals surface area contributed by atoms with Crippen molar-refractivity contribution in [3.63, 3.8) is 0 Å². The summed E-state index contributed by atoms with van der Waals surface area (Å²) in [6.45, 7) is 0. The summed E-state index contributed by atoms with van der Waals surface area (Å²) < 4.78 is 15.1. The molecule has 0 aliphatic rings. The zero-order valence-electron chi connectivity index (χ0n) is 14.6. The van der Waals surface area contributed by atoms with E-state index in [2.05, 4.69) is 9.47 Å². The van der Waals surface area contributed by atoms with Gasteiger partial charge in [-0.3, -0.25) is 9.80 Å². The number of hydrogen-bond donors (Lipinski definition) is 0. The van der Waals surface area contributed by atoms with Gasteiger partial charge in [-0.15, -0.1) is 0 Å². The molecule has 0 saturated heterocycles. The fourth-order valence-electron chi connectivity index (χ4n) is 2.10. The predicted octanol–water partition coefficient (Wildman–Crippen LogP) is 3.88. The lowest BCUT2D eigenvalue weighted by Gasteiger charge is -2.17. The monoisotopic (exact) mass is 344 g/mol. The van der Waals surface area contributed by atoms with Gasteiger partial charge in [0, 0.05) is 25.5 Å². The van der Waals surface area contributed by atoms with Crippen LogP contribution in [-0.4, -0.2) is 40.5 Å². The van der Waals surface area contributed by atoms with Gasteiger partial charge in [0.2, 0.25) is 0 Å². The first-order valence-electron chi connectivity index (χ1n) is 7.47. The first-order chi connectivity index (χ1) is 12.0. The summed E-state index contributed by atoms with van der Waals surface area (Å²) in [5.74, 6) is 1.24. The number of nitrogens with zero attached hydrogens (tertiary/aromatic N) is 2. The highest BCUT2D eigenvalue weighted by Gasteiger charge is 2.12. The zero-order chi connectivity index (χ0) is 18.4. The van der Waals surface area contributed by atoms with Gasteiger partial charge >= 0.3 is 12.2 Å². The molecule has 132 valence electrons. The van der Waals surface area contributed by atoms with Crippen LogP contribution in [0.15, 0.2) is 48.5 Å². The summed E-state index contributed by atoms with van der Waals surface area (Å²) in [6, 6.07) is 14.0. The smallest absolute Gasteiger partial charge is 0.413 e. The molecule has 0 saturated carbocycles. The van der Waals surface area contributed by atoms with Crippen molar-refractivity contribution in [1.82, 2.24) is 0 Å². The van der Waals surface area contributed by atoms with Crippen molar-refractivity contribution in [2.75, 3.05) is 38.1 Å². The van der Waals surface area contributed by atoms with Crippen LogP contribution in [0.4, 0.5) is 21.0 Å². The third-order valence-corrected chi connectivity index (χ3v) is 3.58. The van der Waals surface area contributed by atoms with Crippen LogP contribution in [0.3, 0.4) is 0 Å². The Labute approximate surface area is 146 Å². The third kappa shape index (κ3) is 4.41. The highest BCUT2D eigenvalue weighted by atomic mass is 16.5. The predicted molar refractivity (Wildman–Crippen MR) is 94.6 cm³/mol. The molecule has 2 aromatic carbocycles. The number of hydrogen-bond acceptors (Lipinski definition) is 5. The lowest BCUT2D eigenvalue weighted by molar-refractivity contribution is 0.179. The SMILES string of the molecule is COC(=O)N(C)c1ccc(Oc2ccc(N(C)C(=O)OC)cc2)cc1. The van der Waals surface area contributed by atoms with Crippen LogP contribution in [0.5, 0.6) is 11.5 Å². The van der Waals surface area contributed by atoms with Gasteiger partial charge in [-0.25, -0.2) is 9.59 Å². The van der Waals surface area contributed by atoms with Crippen molar-refractivity contribution in [3.05, 3.63) is 48.5 Å². The average Bonchev–Trinajstić information content (AvgIpc) is 2.66. The first kappa shape index (κ1) is 18.1. The van der Waals surface area contributed by atoms with Gasteiger partial charge in [0.15, 0.2) is 0 Å². The number of rotatable bonds is 4. The second-order valence-electron chi connectivity index (χ2n) is 5.15. The van der Waals surface area contributed by atoms with E-state index in [4.69, 9.17) is 4.74 Å². The van der Waals surface area contributed by atoms with Crippen molar-refractivity contribution >= 4 is 23.6 Å². The lowest BCUT2D eigenvalue weighted by atomic mass is 10.2. The second kappa shape index (κ2) is 8.05. The average molecular weight is 344 g/mol. The molecular formula is C18H20N2O5.